The van der Waals surface area contributed by atoms with Crippen LogP contribution in [0.3, 0.4) is 0 Å². The van der Waals surface area contributed by atoms with Crippen molar-refractivity contribution < 1.29 is 14.3 Å². The van der Waals surface area contributed by atoms with Crippen molar-refractivity contribution in [1.82, 2.24) is 0 Å². The van der Waals surface area contributed by atoms with Crippen LogP contribution in [-0.4, -0.2) is 19.6 Å². The number of amides is 1. The van der Waals surface area contributed by atoms with Crippen molar-refractivity contribution in [3.05, 3.63) is 58.1 Å². The van der Waals surface area contributed by atoms with E-state index in [2.05, 4.69) is 11.2 Å². The van der Waals surface area contributed by atoms with Crippen LogP contribution in [-0.2, 0) is 4.79 Å². The van der Waals surface area contributed by atoms with Crippen LogP contribution in [0.25, 0.3) is 6.08 Å². The van der Waals surface area contributed by atoms with Gasteiger partial charge >= 0.3 is 0 Å². The molecule has 136 valence electrons. The molecule has 6 heteroatoms. The van der Waals surface area contributed by atoms with Gasteiger partial charge in [0.2, 0.25) is 0 Å². The zero-order valence-electron chi connectivity index (χ0n) is 14.9. The zero-order chi connectivity index (χ0) is 19.8. The van der Waals surface area contributed by atoms with Crippen LogP contribution in [0.1, 0.15) is 11.1 Å². The first kappa shape index (κ1) is 19.9. The van der Waals surface area contributed by atoms with E-state index in [1.807, 2.05) is 6.07 Å². The molecule has 0 atom stereocenters. The molecule has 5 nitrogen and oxygen atoms in total. The van der Waals surface area contributed by atoms with Gasteiger partial charge in [0.05, 0.1) is 7.11 Å². The SMILES string of the molecule is C#CCOc1cc(OC)ccc1/C=C(\C#N)C(=O)Nc1cccc(Cl)c1C. The van der Waals surface area contributed by atoms with E-state index in [9.17, 15) is 10.1 Å². The smallest absolute Gasteiger partial charge is 0.266 e. The molecule has 0 aromatic heterocycles. The monoisotopic (exact) mass is 380 g/mol. The van der Waals surface area contributed by atoms with Gasteiger partial charge in [-0.15, -0.1) is 6.42 Å². The summed E-state index contributed by atoms with van der Waals surface area (Å²) in [5.41, 5.74) is 1.69. The van der Waals surface area contributed by atoms with Gasteiger partial charge in [-0.25, -0.2) is 0 Å². The van der Waals surface area contributed by atoms with Crippen molar-refractivity contribution in [1.29, 1.82) is 5.26 Å². The Kier molecular flexibility index (Phi) is 6.88. The molecule has 0 aliphatic carbocycles. The molecule has 2 aromatic rings. The number of anilines is 1. The molecule has 27 heavy (non-hydrogen) atoms. The number of terminal acetylenes is 1. The van der Waals surface area contributed by atoms with Crippen molar-refractivity contribution in [3.63, 3.8) is 0 Å². The molecular formula is C21H17ClN2O3. The van der Waals surface area contributed by atoms with Gasteiger partial charge in [-0.3, -0.25) is 4.79 Å². The van der Waals surface area contributed by atoms with Gasteiger partial charge in [-0.1, -0.05) is 23.6 Å². The molecule has 1 N–H and O–H groups in total. The number of nitriles is 1. The third-order valence-corrected chi connectivity index (χ3v) is 4.12. The lowest BCUT2D eigenvalue weighted by Gasteiger charge is -2.11. The summed E-state index contributed by atoms with van der Waals surface area (Å²) in [6.07, 6.45) is 6.67. The number of carbonyl (C=O) groups excluding carboxylic acids is 1. The fourth-order valence-electron chi connectivity index (χ4n) is 2.24. The van der Waals surface area contributed by atoms with E-state index >= 15 is 0 Å². The molecule has 0 aliphatic heterocycles. The van der Waals surface area contributed by atoms with Crippen LogP contribution in [0.5, 0.6) is 11.5 Å². The Morgan fingerprint density at radius 2 is 2.15 bits per heavy atom. The lowest BCUT2D eigenvalue weighted by Crippen LogP contribution is -2.14. The highest BCUT2D eigenvalue weighted by Crippen LogP contribution is 2.28. The molecule has 0 heterocycles. The Labute approximate surface area is 163 Å². The molecule has 0 radical (unpaired) electrons. The number of rotatable bonds is 6. The molecule has 0 saturated heterocycles. The Balaban J connectivity index is 2.35. The van der Waals surface area contributed by atoms with Crippen LogP contribution in [0.4, 0.5) is 5.69 Å². The van der Waals surface area contributed by atoms with Crippen LogP contribution in [0.15, 0.2) is 42.0 Å². The van der Waals surface area contributed by atoms with E-state index in [1.165, 1.54) is 13.2 Å². The minimum absolute atomic E-state index is 0.0454. The minimum atomic E-state index is -0.554. The molecule has 2 rings (SSSR count). The van der Waals surface area contributed by atoms with Crippen LogP contribution < -0.4 is 14.8 Å². The van der Waals surface area contributed by atoms with Crippen molar-refractivity contribution in [2.75, 3.05) is 19.0 Å². The van der Waals surface area contributed by atoms with Gasteiger partial charge < -0.3 is 14.8 Å². The van der Waals surface area contributed by atoms with E-state index in [-0.39, 0.29) is 12.2 Å². The number of benzene rings is 2. The number of halogens is 1. The summed E-state index contributed by atoms with van der Waals surface area (Å²) in [6, 6.07) is 12.1. The number of nitrogens with zero attached hydrogens (tertiary/aromatic N) is 1. The van der Waals surface area contributed by atoms with Gasteiger partial charge in [0.1, 0.15) is 29.7 Å². The maximum atomic E-state index is 12.5. The highest BCUT2D eigenvalue weighted by atomic mass is 35.5. The van der Waals surface area contributed by atoms with E-state index in [4.69, 9.17) is 27.5 Å². The number of nitrogens with one attached hydrogen (secondary N) is 1. The molecule has 0 bridgehead atoms. The highest BCUT2D eigenvalue weighted by Gasteiger charge is 2.13. The first-order chi connectivity index (χ1) is 13.0. The lowest BCUT2D eigenvalue weighted by atomic mass is 10.1. The van der Waals surface area contributed by atoms with Crippen molar-refractivity contribution in [2.24, 2.45) is 0 Å². The molecular weight excluding hydrogens is 364 g/mol. The summed E-state index contributed by atoms with van der Waals surface area (Å²) in [4.78, 5) is 12.5. The van der Waals surface area contributed by atoms with E-state index in [0.717, 1.165) is 0 Å². The maximum Gasteiger partial charge on any atom is 0.266 e. The Morgan fingerprint density at radius 3 is 2.81 bits per heavy atom. The number of hydrogen-bond donors (Lipinski definition) is 1. The summed E-state index contributed by atoms with van der Waals surface area (Å²) in [6.45, 7) is 1.83. The molecule has 0 unspecified atom stereocenters. The lowest BCUT2D eigenvalue weighted by molar-refractivity contribution is -0.112. The Bertz CT molecular complexity index is 968. The average Bonchev–Trinajstić information content (AvgIpc) is 2.68. The third kappa shape index (κ3) is 5.04. The molecule has 0 spiro atoms. The van der Waals surface area contributed by atoms with Crippen LogP contribution >= 0.6 is 11.6 Å². The van der Waals surface area contributed by atoms with E-state index < -0.39 is 5.91 Å². The number of carbonyl (C=O) groups is 1. The molecule has 1 amide bonds. The van der Waals surface area contributed by atoms with E-state index in [0.29, 0.717) is 33.3 Å². The largest absolute Gasteiger partial charge is 0.497 e. The van der Waals surface area contributed by atoms with Gasteiger partial charge in [0.25, 0.3) is 5.91 Å². The van der Waals surface area contributed by atoms with E-state index in [1.54, 1.807) is 43.3 Å². The summed E-state index contributed by atoms with van der Waals surface area (Å²) >= 11 is 6.06. The fraction of sp³-hybridized carbons (Fsp3) is 0.143. The fourth-order valence-corrected chi connectivity index (χ4v) is 2.42. The summed E-state index contributed by atoms with van der Waals surface area (Å²) < 4.78 is 10.7. The maximum absolute atomic E-state index is 12.5. The Morgan fingerprint density at radius 1 is 1.37 bits per heavy atom. The quantitative estimate of drug-likeness (QED) is 0.463. The van der Waals surface area contributed by atoms with Crippen molar-refractivity contribution in [3.8, 4) is 29.9 Å². The van der Waals surface area contributed by atoms with Crippen molar-refractivity contribution in [2.45, 2.75) is 6.92 Å². The van der Waals surface area contributed by atoms with Gasteiger partial charge in [0, 0.05) is 22.3 Å². The summed E-state index contributed by atoms with van der Waals surface area (Å²) in [5.74, 6) is 2.80. The minimum Gasteiger partial charge on any atom is -0.497 e. The number of hydrogen-bond acceptors (Lipinski definition) is 4. The van der Waals surface area contributed by atoms with Crippen LogP contribution in [0.2, 0.25) is 5.02 Å². The molecule has 2 aromatic carbocycles. The highest BCUT2D eigenvalue weighted by molar-refractivity contribution is 6.31. The van der Waals surface area contributed by atoms with Gasteiger partial charge in [-0.05, 0) is 42.8 Å². The summed E-state index contributed by atoms with van der Waals surface area (Å²) in [7, 11) is 1.53. The second-order valence-electron chi connectivity index (χ2n) is 5.43. The second-order valence-corrected chi connectivity index (χ2v) is 5.84. The van der Waals surface area contributed by atoms with Gasteiger partial charge in [-0.2, -0.15) is 5.26 Å². The second kappa shape index (κ2) is 9.33. The standard InChI is InChI=1S/C21H17ClN2O3/c1-4-10-27-20-12-17(26-3)9-8-15(20)11-16(13-23)21(25)24-19-7-5-6-18(22)14(19)2/h1,5-9,11-12H,10H2,2-3H3,(H,24,25)/b16-11+. The van der Waals surface area contributed by atoms with Crippen LogP contribution in [0, 0.1) is 30.6 Å². The first-order valence-electron chi connectivity index (χ1n) is 7.92. The third-order valence-electron chi connectivity index (χ3n) is 3.71. The number of ether oxygens (including phenoxy) is 2. The van der Waals surface area contributed by atoms with Crippen molar-refractivity contribution >= 4 is 29.3 Å². The van der Waals surface area contributed by atoms with Gasteiger partial charge in [0.15, 0.2) is 0 Å². The predicted octanol–water partition coefficient (Wildman–Crippen LogP) is 4.21. The Hall–Kier alpha value is -3.41. The molecule has 0 fully saturated rings. The number of methoxy groups -OCH3 is 1. The summed E-state index contributed by atoms with van der Waals surface area (Å²) in [5, 5.41) is 12.6. The zero-order valence-corrected chi connectivity index (χ0v) is 15.6. The first-order valence-corrected chi connectivity index (χ1v) is 8.30. The molecule has 0 aliphatic rings. The average molecular weight is 381 g/mol. The molecule has 0 saturated carbocycles. The normalized spacial score (nSPS) is 10.5. The topological polar surface area (TPSA) is 71.3 Å². The predicted molar refractivity (Wildman–Crippen MR) is 106 cm³/mol.